The number of para-hydroxylation sites is 1. The molecule has 2 aliphatic rings. The van der Waals surface area contributed by atoms with E-state index in [-0.39, 0.29) is 24.4 Å². The van der Waals surface area contributed by atoms with Crippen LogP contribution in [0.1, 0.15) is 10.4 Å². The molecular weight excluding hydrogens is 389 g/mol. The molecule has 0 radical (unpaired) electrons. The third-order valence-electron chi connectivity index (χ3n) is 5.40. The minimum absolute atomic E-state index is 0.0782. The highest BCUT2D eigenvalue weighted by atomic mass is 19.1. The number of nitrogens with zero attached hydrogens (tertiary/aromatic N) is 2. The molecule has 160 valence electrons. The van der Waals surface area contributed by atoms with Gasteiger partial charge in [-0.2, -0.15) is 0 Å². The first-order valence-electron chi connectivity index (χ1n) is 10.2. The maximum absolute atomic E-state index is 13.0. The van der Waals surface area contributed by atoms with Gasteiger partial charge in [-0.1, -0.05) is 6.07 Å². The van der Waals surface area contributed by atoms with Crippen LogP contribution in [0.2, 0.25) is 0 Å². The van der Waals surface area contributed by atoms with Crippen molar-refractivity contribution in [3.63, 3.8) is 0 Å². The number of halogens is 1. The van der Waals surface area contributed by atoms with Gasteiger partial charge in [0.05, 0.1) is 12.3 Å². The van der Waals surface area contributed by atoms with E-state index in [9.17, 15) is 14.3 Å². The van der Waals surface area contributed by atoms with E-state index in [4.69, 9.17) is 9.47 Å². The fourth-order valence-corrected chi connectivity index (χ4v) is 3.70. The van der Waals surface area contributed by atoms with E-state index >= 15 is 0 Å². The lowest BCUT2D eigenvalue weighted by Gasteiger charge is -2.38. The summed E-state index contributed by atoms with van der Waals surface area (Å²) in [7, 11) is 0. The molecule has 1 amide bonds. The number of piperazine rings is 1. The van der Waals surface area contributed by atoms with Crippen LogP contribution in [0.4, 0.5) is 10.1 Å². The van der Waals surface area contributed by atoms with Crippen LogP contribution in [0.25, 0.3) is 0 Å². The molecule has 0 unspecified atom stereocenters. The minimum Gasteiger partial charge on any atom is -0.486 e. The van der Waals surface area contributed by atoms with Crippen molar-refractivity contribution in [3.05, 3.63) is 53.8 Å². The molecule has 1 atom stereocenters. The zero-order chi connectivity index (χ0) is 20.9. The lowest BCUT2D eigenvalue weighted by molar-refractivity contribution is 0.0459. The number of carbonyl (C=O) groups is 1. The van der Waals surface area contributed by atoms with Gasteiger partial charge in [-0.25, -0.2) is 4.39 Å². The highest BCUT2D eigenvalue weighted by Crippen LogP contribution is 2.40. The molecule has 8 heteroatoms. The number of anilines is 1. The molecule has 4 rings (SSSR count). The Bertz CT molecular complexity index is 869. The van der Waals surface area contributed by atoms with Gasteiger partial charge in [0.2, 0.25) is 0 Å². The van der Waals surface area contributed by atoms with Crippen LogP contribution >= 0.6 is 0 Å². The number of amides is 1. The van der Waals surface area contributed by atoms with Crippen molar-refractivity contribution in [2.24, 2.45) is 0 Å². The van der Waals surface area contributed by atoms with Crippen LogP contribution < -0.4 is 19.7 Å². The molecule has 0 spiro atoms. The molecule has 0 saturated carbocycles. The van der Waals surface area contributed by atoms with Crippen molar-refractivity contribution >= 4 is 11.6 Å². The second-order valence-electron chi connectivity index (χ2n) is 7.43. The molecule has 0 bridgehead atoms. The van der Waals surface area contributed by atoms with E-state index in [1.807, 2.05) is 18.2 Å². The highest BCUT2D eigenvalue weighted by molar-refractivity contribution is 5.94. The van der Waals surface area contributed by atoms with Gasteiger partial charge in [0, 0.05) is 44.8 Å². The van der Waals surface area contributed by atoms with Crippen LogP contribution in [-0.2, 0) is 0 Å². The summed E-state index contributed by atoms with van der Waals surface area (Å²) in [6, 6.07) is 11.4. The molecule has 2 N–H and O–H groups in total. The van der Waals surface area contributed by atoms with Crippen LogP contribution in [0.5, 0.6) is 11.5 Å². The van der Waals surface area contributed by atoms with Gasteiger partial charge in [-0.15, -0.1) is 0 Å². The summed E-state index contributed by atoms with van der Waals surface area (Å²) in [6.45, 7) is 4.94. The topological polar surface area (TPSA) is 74.3 Å². The van der Waals surface area contributed by atoms with E-state index < -0.39 is 0 Å². The normalized spacial score (nSPS) is 18.9. The van der Waals surface area contributed by atoms with Gasteiger partial charge >= 0.3 is 0 Å². The van der Waals surface area contributed by atoms with Crippen LogP contribution in [-0.4, -0.2) is 74.5 Å². The second kappa shape index (κ2) is 9.32. The largest absolute Gasteiger partial charge is 0.486 e. The van der Waals surface area contributed by atoms with E-state index in [0.29, 0.717) is 30.2 Å². The first-order valence-corrected chi connectivity index (χ1v) is 10.2. The number of hydrogen-bond donors (Lipinski definition) is 2. The lowest BCUT2D eigenvalue weighted by atomic mass is 10.2. The number of fused-ring (bicyclic) bond motifs is 1. The minimum atomic E-state index is -0.354. The number of carbonyl (C=O) groups excluding carboxylic acids is 1. The number of nitrogens with one attached hydrogen (secondary N) is 1. The van der Waals surface area contributed by atoms with Crippen LogP contribution in [0.15, 0.2) is 42.5 Å². The molecule has 2 heterocycles. The maximum Gasteiger partial charge on any atom is 0.251 e. The Morgan fingerprint density at radius 3 is 2.63 bits per heavy atom. The predicted molar refractivity (Wildman–Crippen MR) is 111 cm³/mol. The van der Waals surface area contributed by atoms with E-state index in [1.54, 1.807) is 0 Å². The van der Waals surface area contributed by atoms with Crippen LogP contribution in [0, 0.1) is 5.82 Å². The van der Waals surface area contributed by atoms with Crippen molar-refractivity contribution in [3.8, 4) is 11.5 Å². The zero-order valence-electron chi connectivity index (χ0n) is 16.7. The first kappa shape index (κ1) is 20.4. The average molecular weight is 415 g/mol. The summed E-state index contributed by atoms with van der Waals surface area (Å²) in [5.74, 6) is 0.860. The second-order valence-corrected chi connectivity index (χ2v) is 7.43. The number of hydrogen-bond acceptors (Lipinski definition) is 6. The average Bonchev–Trinajstić information content (AvgIpc) is 2.79. The number of aliphatic hydroxyl groups excluding tert-OH is 1. The van der Waals surface area contributed by atoms with Crippen LogP contribution in [0.3, 0.4) is 0 Å². The quantitative estimate of drug-likeness (QED) is 0.745. The van der Waals surface area contributed by atoms with E-state index in [0.717, 1.165) is 38.4 Å². The van der Waals surface area contributed by atoms with Crippen molar-refractivity contribution in [2.75, 3.05) is 57.4 Å². The molecule has 30 heavy (non-hydrogen) atoms. The monoisotopic (exact) mass is 415 g/mol. The Kier molecular flexibility index (Phi) is 6.35. The molecule has 0 aromatic heterocycles. The number of ether oxygens (including phenoxy) is 2. The molecule has 7 nitrogen and oxygen atoms in total. The maximum atomic E-state index is 13.0. The third-order valence-corrected chi connectivity index (χ3v) is 5.40. The van der Waals surface area contributed by atoms with Gasteiger partial charge < -0.3 is 24.8 Å². The van der Waals surface area contributed by atoms with Crippen molar-refractivity contribution in [1.82, 2.24) is 10.2 Å². The Hall–Kier alpha value is -2.84. The van der Waals surface area contributed by atoms with E-state index in [2.05, 4.69) is 15.1 Å². The lowest BCUT2D eigenvalue weighted by Crippen LogP contribution is -2.48. The number of rotatable bonds is 6. The molecule has 1 fully saturated rings. The van der Waals surface area contributed by atoms with E-state index in [1.165, 1.54) is 24.3 Å². The molecule has 1 saturated heterocycles. The molecule has 2 aliphatic heterocycles. The fourth-order valence-electron chi connectivity index (χ4n) is 3.70. The first-order chi connectivity index (χ1) is 14.6. The number of benzene rings is 2. The molecule has 0 aliphatic carbocycles. The number of aliphatic hydroxyl groups is 1. The van der Waals surface area contributed by atoms with Gasteiger partial charge in [0.25, 0.3) is 5.91 Å². The van der Waals surface area contributed by atoms with Gasteiger partial charge in [0.1, 0.15) is 12.4 Å². The summed E-state index contributed by atoms with van der Waals surface area (Å²) in [5.41, 5.74) is 1.44. The predicted octanol–water partition coefficient (Wildman–Crippen LogP) is 1.51. The zero-order valence-corrected chi connectivity index (χ0v) is 16.7. The Balaban J connectivity index is 1.27. The van der Waals surface area contributed by atoms with Crippen molar-refractivity contribution in [2.45, 2.75) is 6.10 Å². The SMILES string of the molecule is O=C(NCCN1CCN(c2cccc3c2O[C@H](CO)CO3)CC1)c1ccc(F)cc1. The Labute approximate surface area is 175 Å². The Morgan fingerprint density at radius 2 is 1.90 bits per heavy atom. The molecule has 2 aromatic carbocycles. The smallest absolute Gasteiger partial charge is 0.251 e. The van der Waals surface area contributed by atoms with Crippen molar-refractivity contribution < 1.29 is 23.8 Å². The summed E-state index contributed by atoms with van der Waals surface area (Å²) < 4.78 is 24.6. The fraction of sp³-hybridized carbons (Fsp3) is 0.409. The molecular formula is C22H26FN3O4. The van der Waals surface area contributed by atoms with Gasteiger partial charge in [0.15, 0.2) is 17.6 Å². The standard InChI is InChI=1S/C22H26FN3O4/c23-17-6-4-16(5-7-17)22(28)24-8-9-25-10-12-26(13-11-25)19-2-1-3-20-21(19)30-18(14-27)15-29-20/h1-7,18,27H,8-15H2,(H,24,28)/t18-/m1/s1. The third kappa shape index (κ3) is 4.66. The van der Waals surface area contributed by atoms with Crippen molar-refractivity contribution in [1.29, 1.82) is 0 Å². The summed E-state index contributed by atoms with van der Waals surface area (Å²) in [5, 5.41) is 12.3. The van der Waals surface area contributed by atoms with Gasteiger partial charge in [-0.3, -0.25) is 9.69 Å². The van der Waals surface area contributed by atoms with Gasteiger partial charge in [-0.05, 0) is 36.4 Å². The summed E-state index contributed by atoms with van der Waals surface area (Å²) >= 11 is 0. The Morgan fingerprint density at radius 1 is 1.13 bits per heavy atom. The highest BCUT2D eigenvalue weighted by Gasteiger charge is 2.27. The molecule has 2 aromatic rings. The summed E-state index contributed by atoms with van der Waals surface area (Å²) in [4.78, 5) is 16.7. The summed E-state index contributed by atoms with van der Waals surface area (Å²) in [6.07, 6.45) is -0.343.